The zero-order valence-electron chi connectivity index (χ0n) is 12.1. The van der Waals surface area contributed by atoms with Crippen molar-refractivity contribution < 1.29 is 9.50 Å². The number of benzene rings is 2. The Morgan fingerprint density at radius 3 is 2.39 bits per heavy atom. The third-order valence-corrected chi connectivity index (χ3v) is 3.48. The molecule has 0 saturated heterocycles. The van der Waals surface area contributed by atoms with Crippen LogP contribution in [0.4, 0.5) is 4.39 Å². The quantitative estimate of drug-likeness (QED) is 0.730. The fourth-order valence-electron chi connectivity index (χ4n) is 2.32. The van der Waals surface area contributed by atoms with Gasteiger partial charge in [0.2, 0.25) is 0 Å². The maximum Gasteiger partial charge on any atom is 0.123 e. The van der Waals surface area contributed by atoms with Crippen LogP contribution in [-0.4, -0.2) is 9.67 Å². The molecule has 0 aliphatic rings. The lowest BCUT2D eigenvalue weighted by Gasteiger charge is -2.07. The average molecular weight is 304 g/mol. The van der Waals surface area contributed by atoms with Gasteiger partial charge in [-0.05, 0) is 60.2 Å². The summed E-state index contributed by atoms with van der Waals surface area (Å²) in [5, 5.41) is 18.8. The number of phenols is 1. The molecule has 0 atom stereocenters. The van der Waals surface area contributed by atoms with Crippen molar-refractivity contribution >= 4 is 11.6 Å². The Hall–Kier alpha value is -3.32. The van der Waals surface area contributed by atoms with Crippen LogP contribution in [0.5, 0.6) is 5.75 Å². The SMILES string of the molecule is N#C/C(=C/c1cccn1-c1ccc(O)cc1)c1ccc(F)cc1. The summed E-state index contributed by atoms with van der Waals surface area (Å²) in [5.41, 5.74) is 2.79. The van der Waals surface area contributed by atoms with Gasteiger partial charge in [-0.1, -0.05) is 12.1 Å². The number of allylic oxidation sites excluding steroid dienone is 1. The standard InChI is InChI=1S/C19H13FN2O/c20-16-5-3-14(4-6-16)15(13-21)12-18-2-1-11-22(18)17-7-9-19(23)10-8-17/h1-12,23H/b15-12-. The number of aromatic hydroxyl groups is 1. The first-order valence-electron chi connectivity index (χ1n) is 7.02. The Labute approximate surface area is 133 Å². The van der Waals surface area contributed by atoms with Gasteiger partial charge < -0.3 is 9.67 Å². The summed E-state index contributed by atoms with van der Waals surface area (Å²) in [5.74, 6) is -0.138. The molecule has 0 fully saturated rings. The van der Waals surface area contributed by atoms with E-state index in [0.717, 1.165) is 11.4 Å². The molecule has 3 aromatic rings. The van der Waals surface area contributed by atoms with Gasteiger partial charge in [-0.15, -0.1) is 0 Å². The molecule has 0 bridgehead atoms. The van der Waals surface area contributed by atoms with Crippen molar-refractivity contribution in [3.05, 3.63) is 83.9 Å². The van der Waals surface area contributed by atoms with Crippen LogP contribution >= 0.6 is 0 Å². The molecule has 0 amide bonds. The lowest BCUT2D eigenvalue weighted by molar-refractivity contribution is 0.475. The van der Waals surface area contributed by atoms with Gasteiger partial charge in [0.1, 0.15) is 11.6 Å². The van der Waals surface area contributed by atoms with Gasteiger partial charge in [0.05, 0.1) is 11.6 Å². The van der Waals surface area contributed by atoms with E-state index in [1.165, 1.54) is 12.1 Å². The van der Waals surface area contributed by atoms with Crippen molar-refractivity contribution in [1.29, 1.82) is 5.26 Å². The Balaban J connectivity index is 2.02. The van der Waals surface area contributed by atoms with E-state index in [-0.39, 0.29) is 11.6 Å². The molecule has 23 heavy (non-hydrogen) atoms. The van der Waals surface area contributed by atoms with Gasteiger partial charge in [-0.25, -0.2) is 4.39 Å². The molecule has 0 unspecified atom stereocenters. The highest BCUT2D eigenvalue weighted by Gasteiger charge is 2.06. The predicted molar refractivity (Wildman–Crippen MR) is 87.3 cm³/mol. The second-order valence-corrected chi connectivity index (χ2v) is 5.00. The van der Waals surface area contributed by atoms with Crippen molar-refractivity contribution in [2.75, 3.05) is 0 Å². The van der Waals surface area contributed by atoms with E-state index < -0.39 is 0 Å². The molecule has 1 heterocycles. The zero-order valence-corrected chi connectivity index (χ0v) is 12.1. The molecule has 4 heteroatoms. The van der Waals surface area contributed by atoms with Gasteiger partial charge in [-0.3, -0.25) is 0 Å². The Kier molecular flexibility index (Phi) is 3.94. The minimum atomic E-state index is -0.335. The summed E-state index contributed by atoms with van der Waals surface area (Å²) in [6.07, 6.45) is 3.62. The van der Waals surface area contributed by atoms with Crippen LogP contribution in [0.25, 0.3) is 17.3 Å². The van der Waals surface area contributed by atoms with Gasteiger partial charge >= 0.3 is 0 Å². The second-order valence-electron chi connectivity index (χ2n) is 5.00. The van der Waals surface area contributed by atoms with Crippen molar-refractivity contribution in [2.24, 2.45) is 0 Å². The number of hydrogen-bond donors (Lipinski definition) is 1. The maximum atomic E-state index is 13.0. The van der Waals surface area contributed by atoms with Gasteiger partial charge in [0.25, 0.3) is 0 Å². The van der Waals surface area contributed by atoms with Gasteiger partial charge in [-0.2, -0.15) is 5.26 Å². The molecule has 1 N–H and O–H groups in total. The number of hydrogen-bond acceptors (Lipinski definition) is 2. The average Bonchev–Trinajstić information content (AvgIpc) is 3.02. The summed E-state index contributed by atoms with van der Waals surface area (Å²) in [6, 6.07) is 18.5. The minimum absolute atomic E-state index is 0.196. The van der Waals surface area contributed by atoms with E-state index >= 15 is 0 Å². The van der Waals surface area contributed by atoms with Crippen LogP contribution in [0, 0.1) is 17.1 Å². The third-order valence-electron chi connectivity index (χ3n) is 3.48. The number of halogens is 1. The topological polar surface area (TPSA) is 49.0 Å². The molecule has 1 aromatic heterocycles. The van der Waals surface area contributed by atoms with Crippen LogP contribution in [-0.2, 0) is 0 Å². The van der Waals surface area contributed by atoms with Crippen molar-refractivity contribution in [3.8, 4) is 17.5 Å². The van der Waals surface area contributed by atoms with E-state index in [4.69, 9.17) is 0 Å². The van der Waals surface area contributed by atoms with E-state index in [1.807, 2.05) is 22.9 Å². The van der Waals surface area contributed by atoms with Crippen LogP contribution in [0.2, 0.25) is 0 Å². The fraction of sp³-hybridized carbons (Fsp3) is 0. The first-order chi connectivity index (χ1) is 11.2. The lowest BCUT2D eigenvalue weighted by atomic mass is 10.1. The zero-order chi connectivity index (χ0) is 16.2. The Bertz CT molecular complexity index is 884. The summed E-state index contributed by atoms with van der Waals surface area (Å²) in [4.78, 5) is 0. The van der Waals surface area contributed by atoms with Gasteiger partial charge in [0, 0.05) is 17.6 Å². The predicted octanol–water partition coefficient (Wildman–Crippen LogP) is 4.39. The number of aromatic nitrogens is 1. The first-order valence-corrected chi connectivity index (χ1v) is 7.02. The van der Waals surface area contributed by atoms with E-state index in [0.29, 0.717) is 11.1 Å². The molecule has 0 radical (unpaired) electrons. The summed E-state index contributed by atoms with van der Waals surface area (Å²) < 4.78 is 14.9. The monoisotopic (exact) mass is 304 g/mol. The molecule has 0 saturated carbocycles. The summed E-state index contributed by atoms with van der Waals surface area (Å²) in [7, 11) is 0. The molecule has 2 aromatic carbocycles. The number of nitriles is 1. The fourth-order valence-corrected chi connectivity index (χ4v) is 2.32. The molecule has 0 aliphatic carbocycles. The largest absolute Gasteiger partial charge is 0.508 e. The van der Waals surface area contributed by atoms with Crippen molar-refractivity contribution in [1.82, 2.24) is 4.57 Å². The lowest BCUT2D eigenvalue weighted by Crippen LogP contribution is -1.94. The number of rotatable bonds is 3. The molecule has 0 spiro atoms. The molecular formula is C19H13FN2O. The highest BCUT2D eigenvalue weighted by molar-refractivity contribution is 5.89. The van der Waals surface area contributed by atoms with Crippen LogP contribution in [0.15, 0.2) is 66.9 Å². The van der Waals surface area contributed by atoms with Crippen molar-refractivity contribution in [2.45, 2.75) is 0 Å². The molecule has 0 aliphatic heterocycles. The minimum Gasteiger partial charge on any atom is -0.508 e. The highest BCUT2D eigenvalue weighted by Crippen LogP contribution is 2.22. The number of nitrogens with zero attached hydrogens (tertiary/aromatic N) is 2. The smallest absolute Gasteiger partial charge is 0.123 e. The Morgan fingerprint density at radius 2 is 1.74 bits per heavy atom. The van der Waals surface area contributed by atoms with Crippen molar-refractivity contribution in [3.63, 3.8) is 0 Å². The maximum absolute atomic E-state index is 13.0. The van der Waals surface area contributed by atoms with Crippen LogP contribution < -0.4 is 0 Å². The first kappa shape index (κ1) is 14.6. The molecule has 3 nitrogen and oxygen atoms in total. The Morgan fingerprint density at radius 1 is 1.04 bits per heavy atom. The third kappa shape index (κ3) is 3.14. The van der Waals surface area contributed by atoms with E-state index in [1.54, 1.807) is 42.5 Å². The van der Waals surface area contributed by atoms with Gasteiger partial charge in [0.15, 0.2) is 0 Å². The highest BCUT2D eigenvalue weighted by atomic mass is 19.1. The van der Waals surface area contributed by atoms with E-state index in [9.17, 15) is 14.8 Å². The van der Waals surface area contributed by atoms with Crippen LogP contribution in [0.3, 0.4) is 0 Å². The van der Waals surface area contributed by atoms with Crippen LogP contribution in [0.1, 0.15) is 11.3 Å². The molecule has 112 valence electrons. The summed E-state index contributed by atoms with van der Waals surface area (Å²) in [6.45, 7) is 0. The number of phenolic OH excluding ortho intramolecular Hbond substituents is 1. The second kappa shape index (κ2) is 6.20. The molecular weight excluding hydrogens is 291 g/mol. The van der Waals surface area contributed by atoms with E-state index in [2.05, 4.69) is 6.07 Å². The normalized spacial score (nSPS) is 11.2. The summed E-state index contributed by atoms with van der Waals surface area (Å²) >= 11 is 0. The molecule has 3 rings (SSSR count).